The monoisotopic (exact) mass is 219 g/mol. The van der Waals surface area contributed by atoms with Crippen LogP contribution in [0.2, 0.25) is 0 Å². The molecule has 1 saturated carbocycles. The Morgan fingerprint density at radius 3 is 2.69 bits per heavy atom. The number of aromatic nitrogens is 2. The summed E-state index contributed by atoms with van der Waals surface area (Å²) in [7, 11) is 0. The van der Waals surface area contributed by atoms with Gasteiger partial charge in [-0.05, 0) is 48.6 Å². The topological polar surface area (TPSA) is 51.8 Å². The van der Waals surface area contributed by atoms with Gasteiger partial charge in [0.05, 0.1) is 0 Å². The van der Waals surface area contributed by atoms with Crippen LogP contribution in [0.5, 0.6) is 0 Å². The van der Waals surface area contributed by atoms with E-state index in [4.69, 9.17) is 5.73 Å². The second-order valence-electron chi connectivity index (χ2n) is 5.68. The first kappa shape index (κ1) is 11.5. The highest BCUT2D eigenvalue weighted by molar-refractivity contribution is 5.14. The van der Waals surface area contributed by atoms with Gasteiger partial charge in [-0.3, -0.25) is 0 Å². The zero-order valence-electron chi connectivity index (χ0n) is 10.2. The van der Waals surface area contributed by atoms with Crippen LogP contribution in [0, 0.1) is 11.3 Å². The molecule has 1 heterocycles. The predicted molar refractivity (Wildman–Crippen MR) is 64.9 cm³/mol. The van der Waals surface area contributed by atoms with E-state index in [-0.39, 0.29) is 0 Å². The molecule has 0 amide bonds. The van der Waals surface area contributed by atoms with Gasteiger partial charge in [-0.15, -0.1) is 0 Å². The maximum atomic E-state index is 5.88. The molecule has 1 aromatic heterocycles. The lowest BCUT2D eigenvalue weighted by molar-refractivity contribution is 0.165. The molecule has 1 aromatic rings. The highest BCUT2D eigenvalue weighted by Gasteiger charge is 2.35. The summed E-state index contributed by atoms with van der Waals surface area (Å²) in [5.74, 6) is 1.13. The molecule has 0 radical (unpaired) electrons. The summed E-state index contributed by atoms with van der Waals surface area (Å²) < 4.78 is 0. The molecule has 2 unspecified atom stereocenters. The Bertz CT molecular complexity index is 334. The first-order valence-corrected chi connectivity index (χ1v) is 6.07. The second-order valence-corrected chi connectivity index (χ2v) is 5.68. The van der Waals surface area contributed by atoms with Crippen LogP contribution in [0.4, 0.5) is 0 Å². The fraction of sp³-hybridized carbons (Fsp3) is 0.692. The van der Waals surface area contributed by atoms with Crippen LogP contribution in [0.25, 0.3) is 0 Å². The van der Waals surface area contributed by atoms with Gasteiger partial charge in [0.1, 0.15) is 6.33 Å². The summed E-state index contributed by atoms with van der Waals surface area (Å²) in [5.41, 5.74) is 7.56. The van der Waals surface area contributed by atoms with Crippen LogP contribution in [0.15, 0.2) is 18.7 Å². The van der Waals surface area contributed by atoms with Crippen molar-refractivity contribution >= 4 is 0 Å². The van der Waals surface area contributed by atoms with Gasteiger partial charge in [-0.2, -0.15) is 0 Å². The molecule has 1 aliphatic rings. The zero-order chi connectivity index (χ0) is 11.6. The summed E-state index contributed by atoms with van der Waals surface area (Å²) in [6.45, 7) is 5.46. The second kappa shape index (κ2) is 4.50. The molecular formula is C13H21N3. The molecule has 0 saturated heterocycles. The van der Waals surface area contributed by atoms with Crippen molar-refractivity contribution in [2.75, 3.05) is 6.54 Å². The Balaban J connectivity index is 2.22. The number of hydrogen-bond acceptors (Lipinski definition) is 3. The fourth-order valence-electron chi connectivity index (χ4n) is 2.82. The van der Waals surface area contributed by atoms with E-state index < -0.39 is 0 Å². The largest absolute Gasteiger partial charge is 0.330 e. The molecule has 3 nitrogen and oxygen atoms in total. The van der Waals surface area contributed by atoms with E-state index in [0.717, 1.165) is 6.54 Å². The highest BCUT2D eigenvalue weighted by Crippen LogP contribution is 2.45. The number of nitrogens with zero attached hydrogens (tertiary/aromatic N) is 2. The Morgan fingerprint density at radius 2 is 2.06 bits per heavy atom. The maximum absolute atomic E-state index is 5.88. The smallest absolute Gasteiger partial charge is 0.115 e. The van der Waals surface area contributed by atoms with Crippen LogP contribution in [-0.4, -0.2) is 16.5 Å². The summed E-state index contributed by atoms with van der Waals surface area (Å²) in [6, 6.07) is 0. The van der Waals surface area contributed by atoms with Crippen molar-refractivity contribution in [2.45, 2.75) is 39.0 Å². The van der Waals surface area contributed by atoms with E-state index in [9.17, 15) is 0 Å². The van der Waals surface area contributed by atoms with Gasteiger partial charge in [-0.25, -0.2) is 9.97 Å². The number of hydrogen-bond donors (Lipinski definition) is 1. The van der Waals surface area contributed by atoms with Crippen molar-refractivity contribution in [1.82, 2.24) is 9.97 Å². The van der Waals surface area contributed by atoms with Gasteiger partial charge in [0.25, 0.3) is 0 Å². The quantitative estimate of drug-likeness (QED) is 0.830. The van der Waals surface area contributed by atoms with Crippen LogP contribution in [0.1, 0.15) is 44.6 Å². The standard InChI is InChI=1S/C13H21N3/c1-13(2)4-3-10(6-14)12(5-13)11-7-15-9-16-8-11/h7-10,12H,3-6,14H2,1-2H3. The number of rotatable bonds is 2. The highest BCUT2D eigenvalue weighted by atomic mass is 14.8. The van der Waals surface area contributed by atoms with Crippen molar-refractivity contribution in [3.8, 4) is 0 Å². The predicted octanol–water partition coefficient (Wildman–Crippen LogP) is 2.35. The van der Waals surface area contributed by atoms with E-state index in [1.54, 1.807) is 6.33 Å². The van der Waals surface area contributed by atoms with E-state index in [0.29, 0.717) is 17.3 Å². The molecule has 3 heteroatoms. The first-order valence-electron chi connectivity index (χ1n) is 6.07. The summed E-state index contributed by atoms with van der Waals surface area (Å²) in [4.78, 5) is 8.25. The Morgan fingerprint density at radius 1 is 1.38 bits per heavy atom. The molecule has 2 rings (SSSR count). The summed E-state index contributed by atoms with van der Waals surface area (Å²) in [5, 5.41) is 0. The van der Waals surface area contributed by atoms with Gasteiger partial charge >= 0.3 is 0 Å². The van der Waals surface area contributed by atoms with Gasteiger partial charge in [0.15, 0.2) is 0 Å². The van der Waals surface area contributed by atoms with Crippen LogP contribution < -0.4 is 5.73 Å². The molecule has 0 aromatic carbocycles. The van der Waals surface area contributed by atoms with Crippen molar-refractivity contribution in [3.63, 3.8) is 0 Å². The molecule has 0 spiro atoms. The molecule has 0 aliphatic heterocycles. The van der Waals surface area contributed by atoms with E-state index >= 15 is 0 Å². The fourth-order valence-corrected chi connectivity index (χ4v) is 2.82. The van der Waals surface area contributed by atoms with Gasteiger partial charge in [0, 0.05) is 12.4 Å². The van der Waals surface area contributed by atoms with E-state index in [2.05, 4.69) is 23.8 Å². The minimum absolute atomic E-state index is 0.423. The Kier molecular flexibility index (Phi) is 3.24. The molecule has 16 heavy (non-hydrogen) atoms. The molecule has 2 atom stereocenters. The van der Waals surface area contributed by atoms with Gasteiger partial charge in [-0.1, -0.05) is 13.8 Å². The van der Waals surface area contributed by atoms with Crippen LogP contribution in [-0.2, 0) is 0 Å². The molecular weight excluding hydrogens is 198 g/mol. The summed E-state index contributed by atoms with van der Waals surface area (Å²) >= 11 is 0. The average Bonchev–Trinajstić information content (AvgIpc) is 2.29. The van der Waals surface area contributed by atoms with Crippen LogP contribution >= 0.6 is 0 Å². The first-order chi connectivity index (χ1) is 7.62. The van der Waals surface area contributed by atoms with Crippen molar-refractivity contribution < 1.29 is 0 Å². The van der Waals surface area contributed by atoms with Crippen molar-refractivity contribution in [1.29, 1.82) is 0 Å². The Hall–Kier alpha value is -0.960. The molecule has 0 bridgehead atoms. The van der Waals surface area contributed by atoms with E-state index in [1.807, 2.05) is 12.4 Å². The normalized spacial score (nSPS) is 28.9. The van der Waals surface area contributed by atoms with Crippen molar-refractivity contribution in [3.05, 3.63) is 24.3 Å². The Labute approximate surface area is 97.5 Å². The summed E-state index contributed by atoms with van der Waals surface area (Å²) in [6.07, 6.45) is 9.18. The molecule has 1 fully saturated rings. The van der Waals surface area contributed by atoms with E-state index in [1.165, 1.54) is 24.8 Å². The molecule has 2 N–H and O–H groups in total. The van der Waals surface area contributed by atoms with Gasteiger partial charge < -0.3 is 5.73 Å². The number of nitrogens with two attached hydrogens (primary N) is 1. The zero-order valence-corrected chi connectivity index (χ0v) is 10.2. The maximum Gasteiger partial charge on any atom is 0.115 e. The minimum Gasteiger partial charge on any atom is -0.330 e. The van der Waals surface area contributed by atoms with Crippen LogP contribution in [0.3, 0.4) is 0 Å². The third-order valence-corrected chi connectivity index (χ3v) is 3.84. The van der Waals surface area contributed by atoms with Crippen molar-refractivity contribution in [2.24, 2.45) is 17.1 Å². The third kappa shape index (κ3) is 2.40. The third-order valence-electron chi connectivity index (χ3n) is 3.84. The minimum atomic E-state index is 0.423. The SMILES string of the molecule is CC1(C)CCC(CN)C(c2cncnc2)C1. The lowest BCUT2D eigenvalue weighted by Crippen LogP contribution is -2.32. The average molecular weight is 219 g/mol. The van der Waals surface area contributed by atoms with Gasteiger partial charge in [0.2, 0.25) is 0 Å². The lowest BCUT2D eigenvalue weighted by atomic mass is 9.65. The molecule has 88 valence electrons. The lowest BCUT2D eigenvalue weighted by Gasteiger charge is -2.40. The molecule has 1 aliphatic carbocycles.